The van der Waals surface area contributed by atoms with Gasteiger partial charge in [0.05, 0.1) is 29.2 Å². The molecule has 0 radical (unpaired) electrons. The Morgan fingerprint density at radius 1 is 1.00 bits per heavy atom. The van der Waals surface area contributed by atoms with Crippen LogP contribution in [0.15, 0.2) is 89.7 Å². The summed E-state index contributed by atoms with van der Waals surface area (Å²) >= 11 is 0. The Labute approximate surface area is 205 Å². The van der Waals surface area contributed by atoms with E-state index in [0.717, 1.165) is 5.56 Å². The second-order valence-corrected chi connectivity index (χ2v) is 8.07. The molecule has 1 heterocycles. The molecule has 1 atom stereocenters. The van der Waals surface area contributed by atoms with Crippen LogP contribution in [0.3, 0.4) is 0 Å². The Kier molecular flexibility index (Phi) is 7.41. The zero-order valence-corrected chi connectivity index (χ0v) is 20.2. The number of aromatic nitrogens is 2. The Morgan fingerprint density at radius 2 is 1.69 bits per heavy atom. The molecule has 0 bridgehead atoms. The van der Waals surface area contributed by atoms with Gasteiger partial charge in [-0.25, -0.2) is 4.98 Å². The molecule has 0 saturated heterocycles. The van der Waals surface area contributed by atoms with E-state index in [0.29, 0.717) is 41.3 Å². The molecule has 6 nitrogen and oxygen atoms in total. The van der Waals surface area contributed by atoms with Crippen molar-refractivity contribution in [1.29, 1.82) is 0 Å². The SMILES string of the molecule is CCOc1ccccc1-n1c(C(C)N(CC)C(=O)C=Cc2ccccc2)nc2ccccc2c1=O. The molecule has 1 aromatic heterocycles. The predicted octanol–water partition coefficient (Wildman–Crippen LogP) is 5.41. The summed E-state index contributed by atoms with van der Waals surface area (Å²) in [6.07, 6.45) is 3.36. The summed E-state index contributed by atoms with van der Waals surface area (Å²) in [7, 11) is 0. The first kappa shape index (κ1) is 24.0. The summed E-state index contributed by atoms with van der Waals surface area (Å²) in [6, 6.07) is 23.9. The van der Waals surface area contributed by atoms with Crippen molar-refractivity contribution in [1.82, 2.24) is 14.5 Å². The number of ether oxygens (including phenoxy) is 1. The monoisotopic (exact) mass is 467 g/mol. The number of carbonyl (C=O) groups is 1. The van der Waals surface area contributed by atoms with Gasteiger partial charge in [0.2, 0.25) is 5.91 Å². The molecule has 35 heavy (non-hydrogen) atoms. The van der Waals surface area contributed by atoms with Gasteiger partial charge >= 0.3 is 0 Å². The molecule has 0 N–H and O–H groups in total. The second kappa shape index (κ2) is 10.8. The number of fused-ring (bicyclic) bond motifs is 1. The van der Waals surface area contributed by atoms with Crippen molar-refractivity contribution in [2.24, 2.45) is 0 Å². The summed E-state index contributed by atoms with van der Waals surface area (Å²) in [4.78, 5) is 33.6. The summed E-state index contributed by atoms with van der Waals surface area (Å²) in [6.45, 7) is 6.63. The van der Waals surface area contributed by atoms with Gasteiger partial charge in [0.25, 0.3) is 5.56 Å². The number of rotatable bonds is 8. The van der Waals surface area contributed by atoms with Crippen LogP contribution in [0.4, 0.5) is 0 Å². The fourth-order valence-corrected chi connectivity index (χ4v) is 4.17. The van der Waals surface area contributed by atoms with E-state index in [-0.39, 0.29) is 11.5 Å². The number of nitrogens with zero attached hydrogens (tertiary/aromatic N) is 3. The zero-order chi connectivity index (χ0) is 24.8. The number of hydrogen-bond acceptors (Lipinski definition) is 4. The van der Waals surface area contributed by atoms with Crippen molar-refractivity contribution in [3.05, 3.63) is 107 Å². The summed E-state index contributed by atoms with van der Waals surface area (Å²) in [5.74, 6) is 0.904. The van der Waals surface area contributed by atoms with Crippen molar-refractivity contribution in [2.75, 3.05) is 13.2 Å². The molecule has 0 aliphatic heterocycles. The molecule has 1 amide bonds. The first-order valence-corrected chi connectivity index (χ1v) is 11.8. The standard InChI is InChI=1S/C29H29N3O3/c1-4-31(27(33)20-19-22-13-7-6-8-14-22)21(3)28-30-24-16-10-9-15-23(24)29(34)32(28)25-17-11-12-18-26(25)35-5-2/h6-21H,4-5H2,1-3H3. The van der Waals surface area contributed by atoms with Crippen molar-refractivity contribution in [3.8, 4) is 11.4 Å². The van der Waals surface area contributed by atoms with Crippen LogP contribution < -0.4 is 10.3 Å². The highest BCUT2D eigenvalue weighted by Gasteiger charge is 2.25. The van der Waals surface area contributed by atoms with E-state index in [1.165, 1.54) is 0 Å². The van der Waals surface area contributed by atoms with Gasteiger partial charge in [0.15, 0.2) is 0 Å². The quantitative estimate of drug-likeness (QED) is 0.325. The maximum Gasteiger partial charge on any atom is 0.266 e. The molecular formula is C29H29N3O3. The number of para-hydroxylation sites is 3. The van der Waals surface area contributed by atoms with Gasteiger partial charge in [0, 0.05) is 12.6 Å². The highest BCUT2D eigenvalue weighted by Crippen LogP contribution is 2.28. The average Bonchev–Trinajstić information content (AvgIpc) is 2.89. The molecule has 0 fully saturated rings. The van der Waals surface area contributed by atoms with Gasteiger partial charge < -0.3 is 9.64 Å². The maximum atomic E-state index is 13.8. The molecule has 0 aliphatic carbocycles. The number of hydrogen-bond donors (Lipinski definition) is 0. The van der Waals surface area contributed by atoms with Gasteiger partial charge in [0.1, 0.15) is 11.6 Å². The lowest BCUT2D eigenvalue weighted by molar-refractivity contribution is -0.128. The van der Waals surface area contributed by atoms with Crippen LogP contribution in [-0.4, -0.2) is 33.5 Å². The number of carbonyl (C=O) groups excluding carboxylic acids is 1. The molecule has 0 saturated carbocycles. The van der Waals surface area contributed by atoms with Crippen molar-refractivity contribution in [3.63, 3.8) is 0 Å². The fourth-order valence-electron chi connectivity index (χ4n) is 4.17. The van der Waals surface area contributed by atoms with Gasteiger partial charge in [-0.05, 0) is 56.7 Å². The highest BCUT2D eigenvalue weighted by molar-refractivity contribution is 5.92. The minimum absolute atomic E-state index is 0.157. The minimum Gasteiger partial charge on any atom is -0.492 e. The van der Waals surface area contributed by atoms with E-state index >= 15 is 0 Å². The third kappa shape index (κ3) is 5.01. The van der Waals surface area contributed by atoms with Crippen LogP contribution in [0, 0.1) is 0 Å². The van der Waals surface area contributed by atoms with Gasteiger partial charge in [-0.1, -0.05) is 54.6 Å². The summed E-state index contributed by atoms with van der Waals surface area (Å²) in [5, 5.41) is 0.507. The third-order valence-electron chi connectivity index (χ3n) is 5.89. The topological polar surface area (TPSA) is 64.4 Å². The Bertz CT molecular complexity index is 1410. The first-order valence-electron chi connectivity index (χ1n) is 11.8. The normalized spacial score (nSPS) is 12.1. The fraction of sp³-hybridized carbons (Fsp3) is 0.207. The van der Waals surface area contributed by atoms with E-state index in [1.54, 1.807) is 27.7 Å². The molecule has 6 heteroatoms. The van der Waals surface area contributed by atoms with E-state index in [9.17, 15) is 9.59 Å². The molecule has 3 aromatic carbocycles. The summed E-state index contributed by atoms with van der Waals surface area (Å²) < 4.78 is 7.41. The Morgan fingerprint density at radius 3 is 2.43 bits per heavy atom. The minimum atomic E-state index is -0.472. The molecule has 4 aromatic rings. The van der Waals surface area contributed by atoms with Crippen LogP contribution in [0.1, 0.15) is 38.2 Å². The Hall–Kier alpha value is -4.19. The van der Waals surface area contributed by atoms with Crippen molar-refractivity contribution < 1.29 is 9.53 Å². The number of amides is 1. The van der Waals surface area contributed by atoms with Gasteiger partial charge in [-0.15, -0.1) is 0 Å². The van der Waals surface area contributed by atoms with E-state index < -0.39 is 6.04 Å². The van der Waals surface area contributed by atoms with E-state index in [2.05, 4.69) is 0 Å². The van der Waals surface area contributed by atoms with Crippen LogP contribution >= 0.6 is 0 Å². The molecular weight excluding hydrogens is 438 g/mol. The molecule has 1 unspecified atom stereocenters. The lowest BCUT2D eigenvalue weighted by Gasteiger charge is -2.29. The number of likely N-dealkylation sites (N-methyl/N-ethyl adjacent to an activating group) is 1. The zero-order valence-electron chi connectivity index (χ0n) is 20.2. The van der Waals surface area contributed by atoms with E-state index in [4.69, 9.17) is 9.72 Å². The molecule has 178 valence electrons. The maximum absolute atomic E-state index is 13.8. The van der Waals surface area contributed by atoms with E-state index in [1.807, 2.05) is 93.6 Å². The van der Waals surface area contributed by atoms with Crippen LogP contribution in [0.25, 0.3) is 22.7 Å². The summed E-state index contributed by atoms with van der Waals surface area (Å²) in [5.41, 5.74) is 1.93. The smallest absolute Gasteiger partial charge is 0.266 e. The van der Waals surface area contributed by atoms with Crippen LogP contribution in [0.2, 0.25) is 0 Å². The Balaban J connectivity index is 1.84. The lowest BCUT2D eigenvalue weighted by Crippen LogP contribution is -2.36. The van der Waals surface area contributed by atoms with Gasteiger partial charge in [-0.3, -0.25) is 14.2 Å². The average molecular weight is 468 g/mol. The van der Waals surface area contributed by atoms with Crippen molar-refractivity contribution in [2.45, 2.75) is 26.8 Å². The predicted molar refractivity (Wildman–Crippen MR) is 140 cm³/mol. The molecule has 4 rings (SSSR count). The van der Waals surface area contributed by atoms with Crippen LogP contribution in [-0.2, 0) is 4.79 Å². The van der Waals surface area contributed by atoms with Crippen molar-refractivity contribution >= 4 is 22.9 Å². The third-order valence-corrected chi connectivity index (χ3v) is 5.89. The largest absolute Gasteiger partial charge is 0.492 e. The lowest BCUT2D eigenvalue weighted by atomic mass is 10.1. The van der Waals surface area contributed by atoms with Gasteiger partial charge in [-0.2, -0.15) is 0 Å². The molecule has 0 aliphatic rings. The second-order valence-electron chi connectivity index (χ2n) is 8.07. The highest BCUT2D eigenvalue weighted by atomic mass is 16.5. The van der Waals surface area contributed by atoms with Crippen LogP contribution in [0.5, 0.6) is 5.75 Å². The molecule has 0 spiro atoms. The first-order chi connectivity index (χ1) is 17.0. The number of benzene rings is 3.